The Hall–Kier alpha value is -3.74. The summed E-state index contributed by atoms with van der Waals surface area (Å²) >= 11 is 6.55. The number of nitrogens with zero attached hydrogens (tertiary/aromatic N) is 4. The molecule has 9 nitrogen and oxygen atoms in total. The van der Waals surface area contributed by atoms with E-state index < -0.39 is 6.09 Å². The van der Waals surface area contributed by atoms with Gasteiger partial charge < -0.3 is 29.7 Å². The molecule has 0 saturated carbocycles. The van der Waals surface area contributed by atoms with Gasteiger partial charge in [-0.3, -0.25) is 4.98 Å². The number of halogens is 1. The summed E-state index contributed by atoms with van der Waals surface area (Å²) in [4.78, 5) is 19.2. The van der Waals surface area contributed by atoms with E-state index in [0.717, 1.165) is 29.7 Å². The summed E-state index contributed by atoms with van der Waals surface area (Å²) in [5.74, 6) is 0.547. The number of aromatic nitrogens is 1. The molecule has 36 heavy (non-hydrogen) atoms. The number of rotatable bonds is 5. The van der Waals surface area contributed by atoms with Gasteiger partial charge in [-0.25, -0.2) is 4.79 Å². The summed E-state index contributed by atoms with van der Waals surface area (Å²) < 4.78 is 11.5. The molecular weight excluding hydrogens is 482 g/mol. The molecule has 0 spiro atoms. The SMILES string of the molecule is N#Cc1cnc2ccc(N3CCOCC3)cc2c1Nc1ccc(OC2CCN(C(=O)O)CC2)c(Cl)c1. The fourth-order valence-corrected chi connectivity index (χ4v) is 4.81. The number of likely N-dealkylation sites (tertiary alicyclic amines) is 1. The van der Waals surface area contributed by atoms with E-state index in [-0.39, 0.29) is 6.10 Å². The van der Waals surface area contributed by atoms with Crippen LogP contribution in [0.5, 0.6) is 5.75 Å². The predicted octanol–water partition coefficient (Wildman–Crippen LogP) is 4.86. The maximum atomic E-state index is 11.1. The number of fused-ring (bicyclic) bond motifs is 1. The standard InChI is InChI=1S/C26H26ClN5O4/c27-22-13-18(1-4-24(22)36-20-5-7-32(8-6-20)26(33)34)30-25-17(15-28)16-29-23-3-2-19(14-21(23)25)31-9-11-35-12-10-31/h1-4,13-14,16,20H,5-12H2,(H,29,30)(H,33,34). The lowest BCUT2D eigenvalue weighted by molar-refractivity contribution is 0.0895. The third-order valence-corrected chi connectivity index (χ3v) is 6.85. The van der Waals surface area contributed by atoms with Crippen molar-refractivity contribution >= 4 is 45.7 Å². The molecule has 0 atom stereocenters. The number of ether oxygens (including phenoxy) is 2. The van der Waals surface area contributed by atoms with Gasteiger partial charge in [-0.15, -0.1) is 0 Å². The van der Waals surface area contributed by atoms with Crippen molar-refractivity contribution in [1.29, 1.82) is 5.26 Å². The summed E-state index contributed by atoms with van der Waals surface area (Å²) in [5, 5.41) is 23.5. The highest BCUT2D eigenvalue weighted by Crippen LogP contribution is 2.35. The minimum atomic E-state index is -0.903. The molecule has 3 heterocycles. The van der Waals surface area contributed by atoms with E-state index in [4.69, 9.17) is 26.2 Å². The molecular formula is C26H26ClN5O4. The van der Waals surface area contributed by atoms with E-state index in [1.165, 1.54) is 4.90 Å². The van der Waals surface area contributed by atoms with Crippen LogP contribution in [-0.4, -0.2) is 66.6 Å². The third-order valence-electron chi connectivity index (χ3n) is 6.56. The number of amides is 1. The van der Waals surface area contributed by atoms with Crippen molar-refractivity contribution in [2.24, 2.45) is 0 Å². The van der Waals surface area contributed by atoms with Crippen LogP contribution >= 0.6 is 11.6 Å². The fraction of sp³-hybridized carbons (Fsp3) is 0.346. The highest BCUT2D eigenvalue weighted by Gasteiger charge is 2.24. The number of hydrogen-bond donors (Lipinski definition) is 2. The van der Waals surface area contributed by atoms with Gasteiger partial charge in [0.2, 0.25) is 0 Å². The number of piperidine rings is 1. The Morgan fingerprint density at radius 2 is 1.94 bits per heavy atom. The van der Waals surface area contributed by atoms with E-state index in [9.17, 15) is 10.1 Å². The largest absolute Gasteiger partial charge is 0.489 e. The monoisotopic (exact) mass is 507 g/mol. The maximum absolute atomic E-state index is 11.1. The van der Waals surface area contributed by atoms with Gasteiger partial charge in [-0.1, -0.05) is 11.6 Å². The summed E-state index contributed by atoms with van der Waals surface area (Å²) in [7, 11) is 0. The van der Waals surface area contributed by atoms with Crippen LogP contribution in [0.3, 0.4) is 0 Å². The summed E-state index contributed by atoms with van der Waals surface area (Å²) in [6.07, 6.45) is 1.80. The van der Waals surface area contributed by atoms with Gasteiger partial charge >= 0.3 is 6.09 Å². The van der Waals surface area contributed by atoms with E-state index in [1.54, 1.807) is 18.3 Å². The summed E-state index contributed by atoms with van der Waals surface area (Å²) in [6.45, 7) is 3.88. The summed E-state index contributed by atoms with van der Waals surface area (Å²) in [5.41, 5.74) is 3.66. The molecule has 186 valence electrons. The van der Waals surface area contributed by atoms with Crippen LogP contribution in [0.15, 0.2) is 42.6 Å². The molecule has 2 saturated heterocycles. The van der Waals surface area contributed by atoms with Gasteiger partial charge in [-0.05, 0) is 36.4 Å². The molecule has 2 fully saturated rings. The highest BCUT2D eigenvalue weighted by atomic mass is 35.5. The quantitative estimate of drug-likeness (QED) is 0.503. The van der Waals surface area contributed by atoms with Crippen molar-refractivity contribution in [2.45, 2.75) is 18.9 Å². The number of morpholine rings is 1. The Morgan fingerprint density at radius 3 is 2.64 bits per heavy atom. The number of benzene rings is 2. The van der Waals surface area contributed by atoms with Crippen molar-refractivity contribution in [3.8, 4) is 11.8 Å². The van der Waals surface area contributed by atoms with Crippen molar-refractivity contribution < 1.29 is 19.4 Å². The van der Waals surface area contributed by atoms with Gasteiger partial charge in [-0.2, -0.15) is 5.26 Å². The van der Waals surface area contributed by atoms with Crippen molar-refractivity contribution in [1.82, 2.24) is 9.88 Å². The first-order valence-corrected chi connectivity index (χ1v) is 12.3. The van der Waals surface area contributed by atoms with E-state index in [0.29, 0.717) is 66.9 Å². The van der Waals surface area contributed by atoms with Crippen LogP contribution < -0.4 is 15.0 Å². The second-order valence-corrected chi connectivity index (χ2v) is 9.22. The maximum Gasteiger partial charge on any atom is 0.407 e. The van der Waals surface area contributed by atoms with E-state index in [2.05, 4.69) is 27.3 Å². The van der Waals surface area contributed by atoms with Crippen molar-refractivity contribution in [3.05, 3.63) is 53.2 Å². The van der Waals surface area contributed by atoms with Gasteiger partial charge in [0.1, 0.15) is 17.9 Å². The zero-order chi connectivity index (χ0) is 25.1. The van der Waals surface area contributed by atoms with E-state index in [1.807, 2.05) is 18.2 Å². The number of carboxylic acid groups (broad SMARTS) is 1. The van der Waals surface area contributed by atoms with Crippen LogP contribution in [0.25, 0.3) is 10.9 Å². The second-order valence-electron chi connectivity index (χ2n) is 8.82. The molecule has 3 aromatic rings. The van der Waals surface area contributed by atoms with Crippen LogP contribution in [0.2, 0.25) is 5.02 Å². The molecule has 0 bridgehead atoms. The minimum absolute atomic E-state index is 0.0927. The highest BCUT2D eigenvalue weighted by molar-refractivity contribution is 6.32. The first-order valence-electron chi connectivity index (χ1n) is 11.9. The molecule has 1 aromatic heterocycles. The first-order chi connectivity index (χ1) is 17.5. The molecule has 0 aliphatic carbocycles. The van der Waals surface area contributed by atoms with Gasteiger partial charge in [0.15, 0.2) is 0 Å². The smallest absolute Gasteiger partial charge is 0.407 e. The lowest BCUT2D eigenvalue weighted by atomic mass is 10.1. The number of nitrogens with one attached hydrogen (secondary N) is 1. The molecule has 2 aliphatic heterocycles. The van der Waals surface area contributed by atoms with Gasteiger partial charge in [0.25, 0.3) is 0 Å². The van der Waals surface area contributed by atoms with Crippen LogP contribution in [0.4, 0.5) is 21.9 Å². The Labute approximate surface area is 213 Å². The zero-order valence-corrected chi connectivity index (χ0v) is 20.4. The van der Waals surface area contributed by atoms with Crippen LogP contribution in [0.1, 0.15) is 18.4 Å². The summed E-state index contributed by atoms with van der Waals surface area (Å²) in [6, 6.07) is 13.7. The zero-order valence-electron chi connectivity index (χ0n) is 19.6. The van der Waals surface area contributed by atoms with Crippen molar-refractivity contribution in [2.75, 3.05) is 49.6 Å². The lowest BCUT2D eigenvalue weighted by Gasteiger charge is -2.30. The van der Waals surface area contributed by atoms with Gasteiger partial charge in [0.05, 0.1) is 35.0 Å². The van der Waals surface area contributed by atoms with Gasteiger partial charge in [0, 0.05) is 62.0 Å². The Kier molecular flexibility index (Phi) is 6.98. The second kappa shape index (κ2) is 10.5. The predicted molar refractivity (Wildman–Crippen MR) is 137 cm³/mol. The fourth-order valence-electron chi connectivity index (χ4n) is 4.58. The molecule has 0 unspecified atom stereocenters. The molecule has 0 radical (unpaired) electrons. The third kappa shape index (κ3) is 5.10. The van der Waals surface area contributed by atoms with Crippen LogP contribution in [0, 0.1) is 11.3 Å². The molecule has 2 aromatic carbocycles. The topological polar surface area (TPSA) is 111 Å². The molecule has 2 aliphatic rings. The molecule has 2 N–H and O–H groups in total. The molecule has 5 rings (SSSR count). The molecule has 10 heteroatoms. The average molecular weight is 508 g/mol. The molecule has 1 amide bonds. The number of carbonyl (C=O) groups is 1. The average Bonchev–Trinajstić information content (AvgIpc) is 2.91. The lowest BCUT2D eigenvalue weighted by Crippen LogP contribution is -2.41. The number of nitriles is 1. The number of hydrogen-bond acceptors (Lipinski definition) is 7. The minimum Gasteiger partial charge on any atom is -0.489 e. The normalized spacial score (nSPS) is 16.6. The van der Waals surface area contributed by atoms with Crippen molar-refractivity contribution in [3.63, 3.8) is 0 Å². The first kappa shape index (κ1) is 24.0. The number of pyridine rings is 1. The van der Waals surface area contributed by atoms with E-state index >= 15 is 0 Å². The van der Waals surface area contributed by atoms with Crippen LogP contribution in [-0.2, 0) is 4.74 Å². The Morgan fingerprint density at radius 1 is 1.17 bits per heavy atom. The number of anilines is 3. The Bertz CT molecular complexity index is 1310. The Balaban J connectivity index is 1.37.